The van der Waals surface area contributed by atoms with Gasteiger partial charge in [0.25, 0.3) is 11.8 Å². The molecule has 0 spiro atoms. The number of imide groups is 2. The highest BCUT2D eigenvalue weighted by atomic mass is 79.9. The molecule has 4 amide bonds. The summed E-state index contributed by atoms with van der Waals surface area (Å²) in [5.41, 5.74) is 3.07. The Balaban J connectivity index is 1.65. The van der Waals surface area contributed by atoms with Gasteiger partial charge in [-0.3, -0.25) is 14.9 Å². The minimum absolute atomic E-state index is 0.0972. The van der Waals surface area contributed by atoms with E-state index >= 15 is 0 Å². The Morgan fingerprint density at radius 2 is 1.38 bits per heavy atom. The zero-order valence-electron chi connectivity index (χ0n) is 15.1. The summed E-state index contributed by atoms with van der Waals surface area (Å²) in [6.07, 6.45) is 1.49. The van der Waals surface area contributed by atoms with Gasteiger partial charge in [0.1, 0.15) is 5.57 Å². The molecule has 3 aromatic carbocycles. The van der Waals surface area contributed by atoms with Crippen molar-refractivity contribution in [2.24, 2.45) is 0 Å². The van der Waals surface area contributed by atoms with Crippen LogP contribution < -0.4 is 10.2 Å². The van der Waals surface area contributed by atoms with Crippen LogP contribution in [0, 0.1) is 0 Å². The first kappa shape index (κ1) is 18.8. The van der Waals surface area contributed by atoms with Gasteiger partial charge in [0.15, 0.2) is 0 Å². The topological polar surface area (TPSA) is 66.5 Å². The summed E-state index contributed by atoms with van der Waals surface area (Å²) in [5, 5.41) is 2.23. The standard InChI is InChI=1S/C23H15BrN2O3/c24-18-10-12-19(13-11-18)26-22(28)20(21(27)25-23(26)29)14-15-6-8-17(9-7-15)16-4-2-1-3-5-16/h1-14H,(H,25,27,29). The van der Waals surface area contributed by atoms with E-state index in [-0.39, 0.29) is 5.57 Å². The molecule has 0 aliphatic carbocycles. The van der Waals surface area contributed by atoms with E-state index in [0.717, 1.165) is 20.5 Å². The smallest absolute Gasteiger partial charge is 0.273 e. The molecule has 1 heterocycles. The third kappa shape index (κ3) is 3.88. The first-order valence-corrected chi connectivity index (χ1v) is 9.65. The Hall–Kier alpha value is -3.51. The third-order valence-corrected chi connectivity index (χ3v) is 5.04. The predicted molar refractivity (Wildman–Crippen MR) is 115 cm³/mol. The lowest BCUT2D eigenvalue weighted by Crippen LogP contribution is -2.54. The largest absolute Gasteiger partial charge is 0.335 e. The van der Waals surface area contributed by atoms with Crippen molar-refractivity contribution in [2.75, 3.05) is 4.90 Å². The zero-order valence-corrected chi connectivity index (χ0v) is 16.7. The van der Waals surface area contributed by atoms with E-state index in [2.05, 4.69) is 21.2 Å². The Morgan fingerprint density at radius 3 is 2.03 bits per heavy atom. The molecule has 0 radical (unpaired) electrons. The molecule has 5 nitrogen and oxygen atoms in total. The fourth-order valence-corrected chi connectivity index (χ4v) is 3.32. The highest BCUT2D eigenvalue weighted by Crippen LogP contribution is 2.25. The maximum absolute atomic E-state index is 12.9. The van der Waals surface area contributed by atoms with Crippen LogP contribution in [0.3, 0.4) is 0 Å². The number of hydrogen-bond acceptors (Lipinski definition) is 3. The molecule has 1 aliphatic heterocycles. The fraction of sp³-hybridized carbons (Fsp3) is 0. The number of barbiturate groups is 1. The summed E-state index contributed by atoms with van der Waals surface area (Å²) in [7, 11) is 0. The number of carbonyl (C=O) groups is 3. The lowest BCUT2D eigenvalue weighted by molar-refractivity contribution is -0.122. The van der Waals surface area contributed by atoms with E-state index in [9.17, 15) is 14.4 Å². The van der Waals surface area contributed by atoms with Gasteiger partial charge < -0.3 is 0 Å². The van der Waals surface area contributed by atoms with Crippen LogP contribution in [0.4, 0.5) is 10.5 Å². The normalized spacial score (nSPS) is 15.6. The van der Waals surface area contributed by atoms with Crippen LogP contribution in [-0.4, -0.2) is 17.8 Å². The third-order valence-electron chi connectivity index (χ3n) is 4.52. The molecule has 1 aliphatic rings. The summed E-state index contributed by atoms with van der Waals surface area (Å²) >= 11 is 3.32. The number of anilines is 1. The van der Waals surface area contributed by atoms with Gasteiger partial charge >= 0.3 is 6.03 Å². The molecule has 0 saturated carbocycles. The van der Waals surface area contributed by atoms with Crippen LogP contribution >= 0.6 is 15.9 Å². The van der Waals surface area contributed by atoms with Crippen LogP contribution in [0.5, 0.6) is 0 Å². The van der Waals surface area contributed by atoms with Crippen LogP contribution in [0.1, 0.15) is 5.56 Å². The first-order valence-electron chi connectivity index (χ1n) is 8.85. The van der Waals surface area contributed by atoms with E-state index in [1.807, 2.05) is 54.6 Å². The molecule has 6 heteroatoms. The lowest BCUT2D eigenvalue weighted by atomic mass is 10.0. The number of carbonyl (C=O) groups excluding carboxylic acids is 3. The maximum atomic E-state index is 12.9. The van der Waals surface area contributed by atoms with Gasteiger partial charge in [-0.15, -0.1) is 0 Å². The van der Waals surface area contributed by atoms with Crippen molar-refractivity contribution >= 4 is 45.5 Å². The van der Waals surface area contributed by atoms with Crippen LogP contribution in [0.15, 0.2) is 88.9 Å². The second-order valence-corrected chi connectivity index (χ2v) is 7.34. The average Bonchev–Trinajstić information content (AvgIpc) is 2.73. The van der Waals surface area contributed by atoms with E-state index < -0.39 is 17.8 Å². The molecule has 1 saturated heterocycles. The zero-order chi connectivity index (χ0) is 20.4. The molecule has 0 bridgehead atoms. The van der Waals surface area contributed by atoms with Crippen LogP contribution in [-0.2, 0) is 9.59 Å². The molecule has 142 valence electrons. The van der Waals surface area contributed by atoms with Crippen molar-refractivity contribution in [2.45, 2.75) is 0 Å². The van der Waals surface area contributed by atoms with Gasteiger partial charge in [-0.2, -0.15) is 0 Å². The quantitative estimate of drug-likeness (QED) is 0.464. The summed E-state index contributed by atoms with van der Waals surface area (Å²) in [6.45, 7) is 0. The maximum Gasteiger partial charge on any atom is 0.335 e. The summed E-state index contributed by atoms with van der Waals surface area (Å²) < 4.78 is 0.816. The summed E-state index contributed by atoms with van der Waals surface area (Å²) in [4.78, 5) is 38.4. The number of hydrogen-bond donors (Lipinski definition) is 1. The minimum atomic E-state index is -0.765. The Kier molecular flexibility index (Phi) is 5.10. The van der Waals surface area contributed by atoms with Crippen molar-refractivity contribution in [3.8, 4) is 11.1 Å². The van der Waals surface area contributed by atoms with E-state index in [1.165, 1.54) is 6.08 Å². The molecule has 29 heavy (non-hydrogen) atoms. The number of nitrogens with zero attached hydrogens (tertiary/aromatic N) is 1. The molecule has 4 rings (SSSR count). The number of nitrogens with one attached hydrogen (secondary N) is 1. The molecular formula is C23H15BrN2O3. The molecular weight excluding hydrogens is 432 g/mol. The van der Waals surface area contributed by atoms with Crippen molar-refractivity contribution < 1.29 is 14.4 Å². The van der Waals surface area contributed by atoms with Gasteiger partial charge in [0, 0.05) is 4.47 Å². The highest BCUT2D eigenvalue weighted by Gasteiger charge is 2.36. The number of benzene rings is 3. The molecule has 1 N–H and O–H groups in total. The second-order valence-electron chi connectivity index (χ2n) is 6.42. The molecule has 0 unspecified atom stereocenters. The lowest BCUT2D eigenvalue weighted by Gasteiger charge is -2.26. The number of halogens is 1. The van der Waals surface area contributed by atoms with Crippen molar-refractivity contribution in [3.05, 3.63) is 94.5 Å². The summed E-state index contributed by atoms with van der Waals surface area (Å²) in [5.74, 6) is -1.37. The second kappa shape index (κ2) is 7.85. The highest BCUT2D eigenvalue weighted by molar-refractivity contribution is 9.10. The summed E-state index contributed by atoms with van der Waals surface area (Å²) in [6, 6.07) is 23.3. The monoisotopic (exact) mass is 446 g/mol. The Labute approximate surface area is 175 Å². The first-order chi connectivity index (χ1) is 14.0. The van der Waals surface area contributed by atoms with Crippen molar-refractivity contribution in [3.63, 3.8) is 0 Å². The van der Waals surface area contributed by atoms with Gasteiger partial charge in [-0.1, -0.05) is 70.5 Å². The van der Waals surface area contributed by atoms with Gasteiger partial charge in [0.2, 0.25) is 0 Å². The van der Waals surface area contributed by atoms with E-state index in [1.54, 1.807) is 24.3 Å². The number of amides is 4. The number of urea groups is 1. The Morgan fingerprint density at radius 1 is 0.759 bits per heavy atom. The average molecular weight is 447 g/mol. The van der Waals surface area contributed by atoms with E-state index in [4.69, 9.17) is 0 Å². The predicted octanol–water partition coefficient (Wildman–Crippen LogP) is 4.78. The minimum Gasteiger partial charge on any atom is -0.273 e. The van der Waals surface area contributed by atoms with Crippen LogP contribution in [0.25, 0.3) is 17.2 Å². The van der Waals surface area contributed by atoms with Gasteiger partial charge in [0.05, 0.1) is 5.69 Å². The molecule has 0 aromatic heterocycles. The SMILES string of the molecule is O=C1NC(=O)N(c2ccc(Br)cc2)C(=O)C1=Cc1ccc(-c2ccccc2)cc1. The molecule has 0 atom stereocenters. The van der Waals surface area contributed by atoms with Gasteiger partial charge in [-0.05, 0) is 47.0 Å². The van der Waals surface area contributed by atoms with E-state index in [0.29, 0.717) is 11.3 Å². The molecule has 1 fully saturated rings. The Bertz CT molecular complexity index is 1120. The molecule has 3 aromatic rings. The van der Waals surface area contributed by atoms with Crippen molar-refractivity contribution in [1.29, 1.82) is 0 Å². The van der Waals surface area contributed by atoms with Gasteiger partial charge in [-0.25, -0.2) is 9.69 Å². The number of rotatable bonds is 3. The fourth-order valence-electron chi connectivity index (χ4n) is 3.05. The van der Waals surface area contributed by atoms with Crippen LogP contribution in [0.2, 0.25) is 0 Å². The van der Waals surface area contributed by atoms with Crippen molar-refractivity contribution in [1.82, 2.24) is 5.32 Å².